The summed E-state index contributed by atoms with van der Waals surface area (Å²) in [7, 11) is 0. The summed E-state index contributed by atoms with van der Waals surface area (Å²) in [5.74, 6) is 0. The molecule has 0 saturated heterocycles. The van der Waals surface area contributed by atoms with Crippen LogP contribution >= 0.6 is 50.2 Å². The van der Waals surface area contributed by atoms with E-state index in [0.717, 1.165) is 14.4 Å². The van der Waals surface area contributed by atoms with Crippen molar-refractivity contribution in [1.82, 2.24) is 10.2 Å². The predicted molar refractivity (Wildman–Crippen MR) is 55.9 cm³/mol. The van der Waals surface area contributed by atoms with Gasteiger partial charge in [0, 0.05) is 4.47 Å². The fraction of sp³-hybridized carbons (Fsp3) is 0. The second-order valence-corrected chi connectivity index (χ2v) is 5.29. The van der Waals surface area contributed by atoms with Crippen molar-refractivity contribution in [1.29, 1.82) is 0 Å². The van der Waals surface area contributed by atoms with Crippen molar-refractivity contribution >= 4 is 50.2 Å². The van der Waals surface area contributed by atoms with Gasteiger partial charge in [0.1, 0.15) is 0 Å². The highest BCUT2D eigenvalue weighted by Crippen LogP contribution is 2.35. The number of hydrogen-bond acceptors (Lipinski definition) is 4. The number of rotatable bonds is 1. The van der Waals surface area contributed by atoms with Crippen molar-refractivity contribution in [3.8, 4) is 9.88 Å². The molecule has 0 aromatic carbocycles. The zero-order valence-electron chi connectivity index (χ0n) is 5.62. The molecule has 0 N–H and O–H groups in total. The summed E-state index contributed by atoms with van der Waals surface area (Å²) in [6.07, 6.45) is 0. The zero-order chi connectivity index (χ0) is 8.55. The monoisotopic (exact) mass is 280 g/mol. The molecule has 2 nitrogen and oxygen atoms in total. The van der Waals surface area contributed by atoms with Crippen molar-refractivity contribution in [2.24, 2.45) is 0 Å². The average molecular weight is 282 g/mol. The maximum atomic E-state index is 5.66. The van der Waals surface area contributed by atoms with Crippen LogP contribution in [0.25, 0.3) is 9.88 Å². The first-order chi connectivity index (χ1) is 5.77. The van der Waals surface area contributed by atoms with Gasteiger partial charge in [0.15, 0.2) is 5.01 Å². The molecule has 0 radical (unpaired) electrons. The van der Waals surface area contributed by atoms with Crippen LogP contribution in [0.1, 0.15) is 0 Å². The second kappa shape index (κ2) is 3.41. The third kappa shape index (κ3) is 1.54. The number of halogens is 2. The SMILES string of the molecule is Clc1nnc(-c2sccc2Br)s1. The Kier molecular flexibility index (Phi) is 2.45. The van der Waals surface area contributed by atoms with Crippen molar-refractivity contribution < 1.29 is 0 Å². The molecule has 0 spiro atoms. The Morgan fingerprint density at radius 1 is 1.42 bits per heavy atom. The molecule has 12 heavy (non-hydrogen) atoms. The van der Waals surface area contributed by atoms with Gasteiger partial charge < -0.3 is 0 Å². The number of nitrogens with zero attached hydrogens (tertiary/aromatic N) is 2. The summed E-state index contributed by atoms with van der Waals surface area (Å²) < 4.78 is 1.52. The van der Waals surface area contributed by atoms with Gasteiger partial charge in [-0.2, -0.15) is 0 Å². The Balaban J connectivity index is 2.50. The molecule has 0 aliphatic heterocycles. The molecule has 62 valence electrons. The molecule has 0 aliphatic rings. The Hall–Kier alpha value is 0.0300. The van der Waals surface area contributed by atoms with Gasteiger partial charge in [-0.05, 0) is 39.0 Å². The van der Waals surface area contributed by atoms with Crippen molar-refractivity contribution in [3.05, 3.63) is 20.4 Å². The molecule has 0 aliphatic carbocycles. The second-order valence-electron chi connectivity index (χ2n) is 1.96. The Morgan fingerprint density at radius 3 is 2.75 bits per heavy atom. The normalized spacial score (nSPS) is 10.5. The Labute approximate surface area is 90.3 Å². The lowest BCUT2D eigenvalue weighted by Crippen LogP contribution is -1.70. The van der Waals surface area contributed by atoms with Gasteiger partial charge in [0.25, 0.3) is 0 Å². The van der Waals surface area contributed by atoms with E-state index in [1.54, 1.807) is 11.3 Å². The summed E-state index contributed by atoms with van der Waals surface area (Å²) in [5, 5.41) is 10.5. The van der Waals surface area contributed by atoms with Crippen molar-refractivity contribution in [2.75, 3.05) is 0 Å². The van der Waals surface area contributed by atoms with Crippen LogP contribution < -0.4 is 0 Å². The molecule has 0 saturated carbocycles. The molecule has 2 heterocycles. The smallest absolute Gasteiger partial charge is 0.140 e. The standard InChI is InChI=1S/C6H2BrClN2S2/c7-3-1-2-11-4(3)5-9-10-6(8)12-5/h1-2H. The third-order valence-electron chi connectivity index (χ3n) is 1.21. The van der Waals surface area contributed by atoms with Gasteiger partial charge >= 0.3 is 0 Å². The van der Waals surface area contributed by atoms with Crippen molar-refractivity contribution in [2.45, 2.75) is 0 Å². The lowest BCUT2D eigenvalue weighted by molar-refractivity contribution is 1.10. The minimum atomic E-state index is 0.477. The van der Waals surface area contributed by atoms with E-state index in [1.807, 2.05) is 11.4 Å². The summed E-state index contributed by atoms with van der Waals surface area (Å²) in [4.78, 5) is 1.08. The summed E-state index contributed by atoms with van der Waals surface area (Å²) in [6.45, 7) is 0. The molecule has 2 aromatic heterocycles. The van der Waals surface area contributed by atoms with Gasteiger partial charge in [-0.15, -0.1) is 21.5 Å². The van der Waals surface area contributed by atoms with Gasteiger partial charge in [0.05, 0.1) is 4.88 Å². The minimum Gasteiger partial charge on any atom is -0.140 e. The minimum absolute atomic E-state index is 0.477. The first kappa shape index (κ1) is 8.62. The van der Waals surface area contributed by atoms with Crippen LogP contribution in [0.2, 0.25) is 4.47 Å². The lowest BCUT2D eigenvalue weighted by atomic mass is 10.5. The van der Waals surface area contributed by atoms with E-state index >= 15 is 0 Å². The molecule has 2 rings (SSSR count). The topological polar surface area (TPSA) is 25.8 Å². The fourth-order valence-corrected chi connectivity index (χ4v) is 3.36. The summed E-state index contributed by atoms with van der Waals surface area (Å²) in [6, 6.07) is 1.98. The highest BCUT2D eigenvalue weighted by Gasteiger charge is 2.09. The third-order valence-corrected chi connectivity index (χ3v) is 4.22. The van der Waals surface area contributed by atoms with Crippen LogP contribution in [0, 0.1) is 0 Å². The molecule has 2 aromatic rings. The molecule has 6 heteroatoms. The highest BCUT2D eigenvalue weighted by molar-refractivity contribution is 9.10. The molecule has 0 atom stereocenters. The maximum Gasteiger partial charge on any atom is 0.207 e. The van der Waals surface area contributed by atoms with E-state index in [-0.39, 0.29) is 0 Å². The molecule has 0 unspecified atom stereocenters. The number of thiophene rings is 1. The van der Waals surface area contributed by atoms with E-state index in [0.29, 0.717) is 4.47 Å². The molecular weight excluding hydrogens is 280 g/mol. The largest absolute Gasteiger partial charge is 0.207 e. The van der Waals surface area contributed by atoms with E-state index in [9.17, 15) is 0 Å². The van der Waals surface area contributed by atoms with Crippen LogP contribution in [0.4, 0.5) is 0 Å². The maximum absolute atomic E-state index is 5.66. The summed E-state index contributed by atoms with van der Waals surface area (Å²) >= 11 is 12.1. The first-order valence-corrected chi connectivity index (χ1v) is 5.86. The van der Waals surface area contributed by atoms with E-state index in [2.05, 4.69) is 26.1 Å². The van der Waals surface area contributed by atoms with E-state index in [1.165, 1.54) is 11.3 Å². The molecular formula is C6H2BrClN2S2. The van der Waals surface area contributed by atoms with Crippen molar-refractivity contribution in [3.63, 3.8) is 0 Å². The van der Waals surface area contributed by atoms with Gasteiger partial charge in [0.2, 0.25) is 4.47 Å². The fourth-order valence-electron chi connectivity index (χ4n) is 0.743. The number of hydrogen-bond donors (Lipinski definition) is 0. The van der Waals surface area contributed by atoms with E-state index < -0.39 is 0 Å². The van der Waals surface area contributed by atoms with Crippen LogP contribution in [0.15, 0.2) is 15.9 Å². The zero-order valence-corrected chi connectivity index (χ0v) is 9.60. The number of aromatic nitrogens is 2. The molecule has 0 amide bonds. The van der Waals surface area contributed by atoms with Crippen LogP contribution in [0.3, 0.4) is 0 Å². The van der Waals surface area contributed by atoms with Crippen LogP contribution in [-0.4, -0.2) is 10.2 Å². The predicted octanol–water partition coefficient (Wildman–Crippen LogP) is 3.68. The quantitative estimate of drug-likeness (QED) is 0.797. The average Bonchev–Trinajstić information content (AvgIpc) is 2.58. The highest BCUT2D eigenvalue weighted by atomic mass is 79.9. The van der Waals surface area contributed by atoms with Gasteiger partial charge in [-0.25, -0.2) is 0 Å². The van der Waals surface area contributed by atoms with Crippen LogP contribution in [-0.2, 0) is 0 Å². The van der Waals surface area contributed by atoms with E-state index in [4.69, 9.17) is 11.6 Å². The molecule has 0 bridgehead atoms. The van der Waals surface area contributed by atoms with Crippen LogP contribution in [0.5, 0.6) is 0 Å². The Bertz CT molecular complexity index is 398. The summed E-state index contributed by atoms with van der Waals surface area (Å²) in [5.41, 5.74) is 0. The molecule has 0 fully saturated rings. The lowest BCUT2D eigenvalue weighted by Gasteiger charge is -1.87. The van der Waals surface area contributed by atoms with Gasteiger partial charge in [-0.1, -0.05) is 11.3 Å². The Morgan fingerprint density at radius 2 is 2.25 bits per heavy atom. The first-order valence-electron chi connectivity index (χ1n) is 3.00. The van der Waals surface area contributed by atoms with Gasteiger partial charge in [-0.3, -0.25) is 0 Å².